The van der Waals surface area contributed by atoms with E-state index in [1.165, 1.54) is 12.8 Å². The topological polar surface area (TPSA) is 46.2 Å². The molecule has 2 fully saturated rings. The molecule has 2 unspecified atom stereocenters. The second-order valence-corrected chi connectivity index (χ2v) is 7.73. The van der Waals surface area contributed by atoms with Crippen molar-refractivity contribution in [2.75, 3.05) is 12.3 Å². The molecular formula is C12H23NO2S. The Kier molecular flexibility index (Phi) is 3.59. The van der Waals surface area contributed by atoms with E-state index in [9.17, 15) is 8.42 Å². The highest BCUT2D eigenvalue weighted by Crippen LogP contribution is 2.32. The maximum absolute atomic E-state index is 11.7. The summed E-state index contributed by atoms with van der Waals surface area (Å²) in [5.41, 5.74) is 0.248. The van der Waals surface area contributed by atoms with Crippen molar-refractivity contribution in [1.82, 2.24) is 5.32 Å². The third-order valence-corrected chi connectivity index (χ3v) is 6.76. The van der Waals surface area contributed by atoms with Gasteiger partial charge in [0.1, 0.15) is 0 Å². The van der Waals surface area contributed by atoms with Gasteiger partial charge in [0.25, 0.3) is 0 Å². The van der Waals surface area contributed by atoms with Crippen LogP contribution in [0.5, 0.6) is 0 Å². The normalized spacial score (nSPS) is 37.9. The molecule has 0 aromatic carbocycles. The van der Waals surface area contributed by atoms with E-state index in [2.05, 4.69) is 12.2 Å². The summed E-state index contributed by atoms with van der Waals surface area (Å²) < 4.78 is 23.5. The summed E-state index contributed by atoms with van der Waals surface area (Å²) in [5.74, 6) is 0.421. The fourth-order valence-corrected chi connectivity index (χ4v) is 5.09. The summed E-state index contributed by atoms with van der Waals surface area (Å²) in [6.07, 6.45) is 7.25. The lowest BCUT2D eigenvalue weighted by Crippen LogP contribution is -2.39. The van der Waals surface area contributed by atoms with Crippen LogP contribution in [0.4, 0.5) is 0 Å². The predicted octanol–water partition coefficient (Wildman–Crippen LogP) is 1.88. The molecule has 2 atom stereocenters. The van der Waals surface area contributed by atoms with Gasteiger partial charge in [-0.2, -0.15) is 0 Å². The van der Waals surface area contributed by atoms with Gasteiger partial charge in [-0.25, -0.2) is 8.42 Å². The molecule has 94 valence electrons. The molecule has 0 bridgehead atoms. The van der Waals surface area contributed by atoms with Gasteiger partial charge in [0.2, 0.25) is 0 Å². The van der Waals surface area contributed by atoms with Gasteiger partial charge >= 0.3 is 0 Å². The van der Waals surface area contributed by atoms with E-state index in [0.717, 1.165) is 38.6 Å². The Morgan fingerprint density at radius 2 is 2.19 bits per heavy atom. The monoisotopic (exact) mass is 245 g/mol. The minimum Gasteiger partial charge on any atom is -0.311 e. The summed E-state index contributed by atoms with van der Waals surface area (Å²) in [6, 6.07) is 0. The molecule has 0 aromatic rings. The Morgan fingerprint density at radius 1 is 1.38 bits per heavy atom. The first-order valence-corrected chi connectivity index (χ1v) is 8.26. The van der Waals surface area contributed by atoms with Crippen LogP contribution in [0.2, 0.25) is 0 Å². The molecule has 16 heavy (non-hydrogen) atoms. The molecule has 2 aliphatic heterocycles. The predicted molar refractivity (Wildman–Crippen MR) is 66.3 cm³/mol. The average molecular weight is 245 g/mol. The summed E-state index contributed by atoms with van der Waals surface area (Å²) in [7, 11) is -2.74. The molecule has 4 heteroatoms. The van der Waals surface area contributed by atoms with Crippen LogP contribution in [0, 0.1) is 0 Å². The molecule has 0 radical (unpaired) electrons. The van der Waals surface area contributed by atoms with E-state index in [1.54, 1.807) is 0 Å². The Bertz CT molecular complexity index is 331. The van der Waals surface area contributed by atoms with Crippen molar-refractivity contribution in [3.05, 3.63) is 0 Å². The third-order valence-electron chi connectivity index (χ3n) is 4.42. The molecule has 2 heterocycles. The molecule has 0 saturated carbocycles. The summed E-state index contributed by atoms with van der Waals surface area (Å²) in [5, 5.41) is 3.53. The van der Waals surface area contributed by atoms with Crippen LogP contribution in [0.15, 0.2) is 0 Å². The van der Waals surface area contributed by atoms with Crippen molar-refractivity contribution in [3.8, 4) is 0 Å². The quantitative estimate of drug-likeness (QED) is 0.822. The molecule has 0 amide bonds. The Balaban J connectivity index is 1.91. The minimum absolute atomic E-state index is 0.0432. The van der Waals surface area contributed by atoms with Crippen molar-refractivity contribution in [3.63, 3.8) is 0 Å². The number of hydrogen-bond acceptors (Lipinski definition) is 3. The van der Waals surface area contributed by atoms with Crippen LogP contribution < -0.4 is 5.32 Å². The van der Waals surface area contributed by atoms with Crippen LogP contribution in [0.3, 0.4) is 0 Å². The molecule has 2 saturated heterocycles. The van der Waals surface area contributed by atoms with E-state index < -0.39 is 9.84 Å². The van der Waals surface area contributed by atoms with Gasteiger partial charge < -0.3 is 5.32 Å². The van der Waals surface area contributed by atoms with E-state index in [0.29, 0.717) is 5.75 Å². The lowest BCUT2D eigenvalue weighted by Gasteiger charge is -2.29. The number of rotatable bonds is 4. The van der Waals surface area contributed by atoms with Crippen LogP contribution in [0.25, 0.3) is 0 Å². The molecular weight excluding hydrogens is 222 g/mol. The highest BCUT2D eigenvalue weighted by molar-refractivity contribution is 7.92. The maximum atomic E-state index is 11.7. The van der Waals surface area contributed by atoms with Gasteiger partial charge in [-0.1, -0.05) is 6.92 Å². The number of hydrogen-bond donors (Lipinski definition) is 1. The maximum Gasteiger partial charge on any atom is 0.153 e. The van der Waals surface area contributed by atoms with Gasteiger partial charge in [0.05, 0.1) is 11.0 Å². The van der Waals surface area contributed by atoms with Crippen molar-refractivity contribution in [1.29, 1.82) is 0 Å². The average Bonchev–Trinajstić information content (AvgIpc) is 2.83. The lowest BCUT2D eigenvalue weighted by atomic mass is 9.88. The Hall–Kier alpha value is -0.0900. The molecule has 2 aliphatic rings. The van der Waals surface area contributed by atoms with Gasteiger partial charge in [0.15, 0.2) is 9.84 Å². The van der Waals surface area contributed by atoms with E-state index in [1.807, 2.05) is 0 Å². The zero-order valence-electron chi connectivity index (χ0n) is 10.2. The number of sulfone groups is 1. The first-order chi connectivity index (χ1) is 7.58. The van der Waals surface area contributed by atoms with Crippen molar-refractivity contribution in [2.45, 2.75) is 62.7 Å². The van der Waals surface area contributed by atoms with E-state index in [4.69, 9.17) is 0 Å². The van der Waals surface area contributed by atoms with Crippen LogP contribution in [0.1, 0.15) is 51.9 Å². The first-order valence-electron chi connectivity index (χ1n) is 6.55. The summed E-state index contributed by atoms with van der Waals surface area (Å²) in [6.45, 7) is 3.31. The van der Waals surface area contributed by atoms with E-state index in [-0.39, 0.29) is 10.8 Å². The zero-order valence-corrected chi connectivity index (χ0v) is 11.0. The summed E-state index contributed by atoms with van der Waals surface area (Å²) >= 11 is 0. The van der Waals surface area contributed by atoms with Gasteiger partial charge in [-0.3, -0.25) is 0 Å². The minimum atomic E-state index is -2.74. The fourth-order valence-electron chi connectivity index (χ4n) is 3.18. The molecule has 3 nitrogen and oxygen atoms in total. The van der Waals surface area contributed by atoms with Gasteiger partial charge in [0, 0.05) is 5.54 Å². The van der Waals surface area contributed by atoms with Crippen molar-refractivity contribution >= 4 is 9.84 Å². The largest absolute Gasteiger partial charge is 0.311 e. The number of nitrogens with one attached hydrogen (secondary N) is 1. The highest BCUT2D eigenvalue weighted by Gasteiger charge is 2.36. The van der Waals surface area contributed by atoms with Crippen LogP contribution in [-0.2, 0) is 9.84 Å². The van der Waals surface area contributed by atoms with Gasteiger partial charge in [-0.05, 0) is 51.5 Å². The van der Waals surface area contributed by atoms with Crippen molar-refractivity contribution < 1.29 is 8.42 Å². The molecule has 0 spiro atoms. The highest BCUT2D eigenvalue weighted by atomic mass is 32.2. The molecule has 2 rings (SSSR count). The molecule has 0 aromatic heterocycles. The standard InChI is InChI=1S/C12H23NO2S/c1-2-12(7-4-9-13-12)8-6-11-5-3-10-16(11,14)15/h11,13H,2-10H2,1H3. The Morgan fingerprint density at radius 3 is 2.69 bits per heavy atom. The second kappa shape index (κ2) is 4.65. The third kappa shape index (κ3) is 2.43. The fraction of sp³-hybridized carbons (Fsp3) is 1.00. The summed E-state index contributed by atoms with van der Waals surface area (Å²) in [4.78, 5) is 0. The second-order valence-electron chi connectivity index (χ2n) is 5.33. The van der Waals surface area contributed by atoms with Gasteiger partial charge in [-0.15, -0.1) is 0 Å². The van der Waals surface area contributed by atoms with Crippen molar-refractivity contribution in [2.24, 2.45) is 0 Å². The molecule has 0 aliphatic carbocycles. The first kappa shape index (κ1) is 12.4. The Labute approximate surface area is 98.9 Å². The SMILES string of the molecule is CCC1(CCC2CCCS2(=O)=O)CCCN1. The van der Waals surface area contributed by atoms with Crippen LogP contribution in [-0.4, -0.2) is 31.5 Å². The van der Waals surface area contributed by atoms with E-state index >= 15 is 0 Å². The lowest BCUT2D eigenvalue weighted by molar-refractivity contribution is 0.324. The van der Waals surface area contributed by atoms with Crippen LogP contribution >= 0.6 is 0 Å². The zero-order chi connectivity index (χ0) is 11.6. The smallest absolute Gasteiger partial charge is 0.153 e. The molecule has 1 N–H and O–H groups in total.